The number of H-pyrrole nitrogens is 1. The van der Waals surface area contributed by atoms with Crippen LogP contribution in [0.1, 0.15) is 28.4 Å². The molecule has 4 nitrogen and oxygen atoms in total. The second-order valence-corrected chi connectivity index (χ2v) is 5.58. The van der Waals surface area contributed by atoms with E-state index in [1.165, 1.54) is 12.1 Å². The van der Waals surface area contributed by atoms with Crippen molar-refractivity contribution in [1.82, 2.24) is 4.98 Å². The number of fused-ring (bicyclic) bond motifs is 2. The Morgan fingerprint density at radius 1 is 1.08 bits per heavy atom. The van der Waals surface area contributed by atoms with Gasteiger partial charge < -0.3 is 20.7 Å². The van der Waals surface area contributed by atoms with Crippen molar-refractivity contribution in [2.45, 2.75) is 6.04 Å². The molecule has 4 rings (SSSR count). The van der Waals surface area contributed by atoms with Crippen molar-refractivity contribution in [2.75, 3.05) is 5.32 Å². The monoisotopic (exact) mass is 317 g/mol. The van der Waals surface area contributed by atoms with Crippen molar-refractivity contribution >= 4 is 17.7 Å². The molecule has 0 bridgehead atoms. The van der Waals surface area contributed by atoms with Crippen molar-refractivity contribution in [1.29, 1.82) is 0 Å². The van der Waals surface area contributed by atoms with E-state index in [1.807, 2.05) is 42.6 Å². The minimum absolute atomic E-state index is 0.227. The smallest absolute Gasteiger partial charge is 0.123 e. The molecule has 0 amide bonds. The second kappa shape index (κ2) is 5.77. The summed E-state index contributed by atoms with van der Waals surface area (Å²) in [4.78, 5) is 7.34. The van der Waals surface area contributed by atoms with E-state index in [0.29, 0.717) is 5.71 Å². The van der Waals surface area contributed by atoms with Gasteiger partial charge in [-0.1, -0.05) is 30.3 Å². The molecule has 1 aliphatic heterocycles. The minimum Gasteiger partial charge on any atom is -0.472 e. The Morgan fingerprint density at radius 3 is 2.79 bits per heavy atom. The fraction of sp³-hybridized carbons (Fsp3) is 0.0526. The summed E-state index contributed by atoms with van der Waals surface area (Å²) in [5, 5.41) is 12.7. The largest absolute Gasteiger partial charge is 0.472 e. The molecule has 1 unspecified atom stereocenters. The summed E-state index contributed by atoms with van der Waals surface area (Å²) >= 11 is 0. The van der Waals surface area contributed by atoms with E-state index in [2.05, 4.69) is 15.3 Å². The van der Waals surface area contributed by atoms with Crippen molar-refractivity contribution in [3.63, 3.8) is 0 Å². The quantitative estimate of drug-likeness (QED) is 0.542. The third-order valence-corrected chi connectivity index (χ3v) is 4.18. The van der Waals surface area contributed by atoms with Gasteiger partial charge in [-0.15, -0.1) is 6.34 Å². The zero-order valence-electron chi connectivity index (χ0n) is 12.7. The summed E-state index contributed by atoms with van der Waals surface area (Å²) in [6.45, 7) is 0. The third kappa shape index (κ3) is 2.31. The number of anilines is 1. The number of aliphatic imine (C=N–C) groups is 1. The van der Waals surface area contributed by atoms with Crippen molar-refractivity contribution in [3.8, 4) is 0 Å². The zero-order chi connectivity index (χ0) is 16.5. The number of halogens is 1. The van der Waals surface area contributed by atoms with Gasteiger partial charge >= 0.3 is 0 Å². The highest BCUT2D eigenvalue weighted by molar-refractivity contribution is 6.18. The van der Waals surface area contributed by atoms with E-state index in [9.17, 15) is 9.80 Å². The number of nitrogens with zero attached hydrogens (tertiary/aromatic N) is 2. The lowest BCUT2D eigenvalue weighted by molar-refractivity contribution is 0.624. The second-order valence-electron chi connectivity index (χ2n) is 5.58. The third-order valence-electron chi connectivity index (χ3n) is 4.18. The van der Waals surface area contributed by atoms with Crippen LogP contribution in [-0.2, 0) is 0 Å². The minimum atomic E-state index is -0.276. The predicted octanol–water partition coefficient (Wildman–Crippen LogP) is 4.10. The fourth-order valence-electron chi connectivity index (χ4n) is 3.15. The van der Waals surface area contributed by atoms with Gasteiger partial charge in [-0.05, 0) is 35.5 Å². The van der Waals surface area contributed by atoms with Gasteiger partial charge in [-0.3, -0.25) is 0 Å². The number of hydrogen-bond acceptors (Lipinski definition) is 1. The average Bonchev–Trinajstić information content (AvgIpc) is 3.02. The fourth-order valence-corrected chi connectivity index (χ4v) is 3.15. The summed E-state index contributed by atoms with van der Waals surface area (Å²) in [6, 6.07) is 16.0. The Labute approximate surface area is 138 Å². The van der Waals surface area contributed by atoms with Crippen molar-refractivity contribution in [3.05, 3.63) is 94.4 Å². The predicted molar refractivity (Wildman–Crippen MR) is 94.2 cm³/mol. The molecule has 0 fully saturated rings. The number of hydrogen-bond donors (Lipinski definition) is 2. The van der Waals surface area contributed by atoms with E-state index in [1.54, 1.807) is 6.07 Å². The van der Waals surface area contributed by atoms with E-state index >= 15 is 0 Å². The number of para-hydroxylation sites is 1. The summed E-state index contributed by atoms with van der Waals surface area (Å²) in [6.07, 6.45) is 2.61. The lowest BCUT2D eigenvalue weighted by Crippen LogP contribution is -2.12. The zero-order valence-corrected chi connectivity index (χ0v) is 12.7. The van der Waals surface area contributed by atoms with Gasteiger partial charge in [-0.25, -0.2) is 4.39 Å². The van der Waals surface area contributed by atoms with Crippen LogP contribution in [0.5, 0.6) is 0 Å². The average molecular weight is 317 g/mol. The van der Waals surface area contributed by atoms with Crippen LogP contribution in [0.2, 0.25) is 0 Å². The summed E-state index contributed by atoms with van der Waals surface area (Å²) < 4.78 is 13.7. The molecule has 2 N–H and O–H groups in total. The van der Waals surface area contributed by atoms with Crippen molar-refractivity contribution < 1.29 is 4.39 Å². The molecule has 2 aromatic carbocycles. The maximum absolute atomic E-state index is 13.7. The molecule has 118 valence electrons. The topological polar surface area (TPSA) is 62.5 Å². The van der Waals surface area contributed by atoms with Crippen molar-refractivity contribution in [2.24, 2.45) is 4.99 Å². The van der Waals surface area contributed by atoms with Crippen LogP contribution in [0.25, 0.3) is 5.41 Å². The van der Waals surface area contributed by atoms with Gasteiger partial charge in [-0.2, -0.15) is 0 Å². The van der Waals surface area contributed by atoms with Gasteiger partial charge in [0.15, 0.2) is 0 Å². The first-order chi connectivity index (χ1) is 11.8. The van der Waals surface area contributed by atoms with E-state index in [4.69, 9.17) is 0 Å². The van der Waals surface area contributed by atoms with Gasteiger partial charge in [0.2, 0.25) is 0 Å². The highest BCUT2D eigenvalue weighted by Gasteiger charge is 2.25. The molecule has 0 spiro atoms. The van der Waals surface area contributed by atoms with Crippen LogP contribution in [0.3, 0.4) is 0 Å². The molecular weight excluding hydrogens is 303 g/mol. The van der Waals surface area contributed by atoms with E-state index in [0.717, 1.165) is 34.4 Å². The summed E-state index contributed by atoms with van der Waals surface area (Å²) in [5.74, 6) is -0.276. The molecule has 0 saturated carbocycles. The maximum atomic E-state index is 13.7. The first-order valence-corrected chi connectivity index (χ1v) is 7.60. The molecule has 0 radical (unpaired) electrons. The SMILES string of the molecule is [N-]=CN=C1c2ccccc2NC(c2cccc(F)c2)c2cc[nH]c21. The molecule has 1 aromatic heterocycles. The lowest BCUT2D eigenvalue weighted by atomic mass is 9.97. The maximum Gasteiger partial charge on any atom is 0.123 e. The molecule has 1 atom stereocenters. The van der Waals surface area contributed by atoms with Crippen LogP contribution in [0.15, 0.2) is 65.8 Å². The Hall–Kier alpha value is -3.21. The summed E-state index contributed by atoms with van der Waals surface area (Å²) in [5.41, 5.74) is 4.94. The van der Waals surface area contributed by atoms with Gasteiger partial charge in [0.1, 0.15) is 5.82 Å². The molecule has 1 aliphatic rings. The first kappa shape index (κ1) is 14.4. The van der Waals surface area contributed by atoms with Gasteiger partial charge in [0, 0.05) is 28.7 Å². The Morgan fingerprint density at radius 2 is 1.96 bits per heavy atom. The number of aromatic nitrogens is 1. The van der Waals surface area contributed by atoms with Crippen LogP contribution >= 0.6 is 0 Å². The molecular formula is C19H14FN4-. The van der Waals surface area contributed by atoms with Crippen LogP contribution in [0.4, 0.5) is 10.1 Å². The van der Waals surface area contributed by atoms with Gasteiger partial charge in [0.25, 0.3) is 0 Å². The normalized spacial score (nSPS) is 17.5. The molecule has 0 saturated heterocycles. The molecule has 0 aliphatic carbocycles. The Bertz CT molecular complexity index is 942. The lowest BCUT2D eigenvalue weighted by Gasteiger charge is -2.19. The molecule has 2 heterocycles. The number of nitrogens with one attached hydrogen (secondary N) is 2. The first-order valence-electron chi connectivity index (χ1n) is 7.60. The number of aromatic amines is 1. The molecule has 3 aromatic rings. The Kier molecular flexibility index (Phi) is 3.46. The van der Waals surface area contributed by atoms with Crippen LogP contribution < -0.4 is 5.32 Å². The van der Waals surface area contributed by atoms with Crippen LogP contribution in [-0.4, -0.2) is 17.0 Å². The standard InChI is InChI=1S/C19H14FN4/c20-13-5-3-4-12(10-13)17-15-8-9-22-19(15)18(23-11-21)14-6-1-2-7-16(14)24-17/h1-11,17,22,24H/q-1. The van der Waals surface area contributed by atoms with E-state index in [-0.39, 0.29) is 11.9 Å². The number of rotatable bonds is 2. The molecule has 24 heavy (non-hydrogen) atoms. The highest BCUT2D eigenvalue weighted by Crippen LogP contribution is 2.35. The highest BCUT2D eigenvalue weighted by atomic mass is 19.1. The Balaban J connectivity index is 1.97. The van der Waals surface area contributed by atoms with E-state index < -0.39 is 0 Å². The van der Waals surface area contributed by atoms with Gasteiger partial charge in [0.05, 0.1) is 6.04 Å². The molecule has 5 heteroatoms. The summed E-state index contributed by atoms with van der Waals surface area (Å²) in [7, 11) is 0. The number of benzene rings is 2. The van der Waals surface area contributed by atoms with Crippen LogP contribution in [0, 0.1) is 5.82 Å².